The molecule has 1 aromatic carbocycles. The number of carbonyl (C=O) groups is 1. The third-order valence-corrected chi connectivity index (χ3v) is 4.36. The van der Waals surface area contributed by atoms with E-state index in [1.807, 2.05) is 43.2 Å². The number of carbonyl (C=O) groups excluding carboxylic acids is 1. The molecule has 1 amide bonds. The molecule has 0 saturated heterocycles. The number of nitrogens with zero attached hydrogens (tertiary/aromatic N) is 4. The van der Waals surface area contributed by atoms with Crippen molar-refractivity contribution in [1.82, 2.24) is 19.7 Å². The predicted molar refractivity (Wildman–Crippen MR) is 93.8 cm³/mol. The van der Waals surface area contributed by atoms with E-state index < -0.39 is 5.92 Å². The third kappa shape index (κ3) is 2.28. The van der Waals surface area contributed by atoms with Crippen molar-refractivity contribution in [3.8, 4) is 0 Å². The Morgan fingerprint density at radius 2 is 2.21 bits per heavy atom. The first-order chi connectivity index (χ1) is 11.7. The maximum Gasteiger partial charge on any atom is 0.238 e. The minimum absolute atomic E-state index is 0.0542. The molecule has 3 heterocycles. The zero-order valence-corrected chi connectivity index (χ0v) is 13.7. The van der Waals surface area contributed by atoms with Gasteiger partial charge in [-0.25, -0.2) is 9.97 Å². The van der Waals surface area contributed by atoms with Crippen LogP contribution in [0.5, 0.6) is 0 Å². The molecule has 0 bridgehead atoms. The highest BCUT2D eigenvalue weighted by molar-refractivity contribution is 6.52. The summed E-state index contributed by atoms with van der Waals surface area (Å²) in [5.41, 5.74) is 4.24. The van der Waals surface area contributed by atoms with Crippen LogP contribution in [0.4, 0.5) is 5.69 Å². The molecule has 1 atom stereocenters. The number of benzene rings is 1. The first-order valence-electron chi connectivity index (χ1n) is 8.13. The lowest BCUT2D eigenvalue weighted by molar-refractivity contribution is -0.116. The smallest absolute Gasteiger partial charge is 0.238 e. The fourth-order valence-electron chi connectivity index (χ4n) is 3.21. The minimum Gasteiger partial charge on any atom is -0.325 e. The number of fused-ring (bicyclic) bond motifs is 2. The van der Waals surface area contributed by atoms with Gasteiger partial charge >= 0.3 is 0 Å². The normalized spacial score (nSPS) is 16.2. The summed E-state index contributed by atoms with van der Waals surface area (Å²) in [6.07, 6.45) is 4.41. The van der Waals surface area contributed by atoms with Crippen LogP contribution in [-0.2, 0) is 11.3 Å². The van der Waals surface area contributed by atoms with Gasteiger partial charge in [0, 0.05) is 18.4 Å². The number of amides is 1. The van der Waals surface area contributed by atoms with Crippen molar-refractivity contribution in [2.45, 2.75) is 32.6 Å². The van der Waals surface area contributed by atoms with Gasteiger partial charge in [0.25, 0.3) is 0 Å². The SMILES string of the molecule is C[B]c1ccc2c(c1)C(c1ncnc3nn(CCC)cc13)C(=O)N2. The monoisotopic (exact) mass is 318 g/mol. The summed E-state index contributed by atoms with van der Waals surface area (Å²) < 4.78 is 1.87. The van der Waals surface area contributed by atoms with Gasteiger partial charge in [0.1, 0.15) is 19.5 Å². The van der Waals surface area contributed by atoms with Crippen molar-refractivity contribution in [2.24, 2.45) is 0 Å². The second-order valence-electron chi connectivity index (χ2n) is 5.95. The molecule has 1 unspecified atom stereocenters. The average Bonchev–Trinajstić information content (AvgIpc) is 3.13. The number of hydrogen-bond acceptors (Lipinski definition) is 4. The van der Waals surface area contributed by atoms with Gasteiger partial charge in [-0.3, -0.25) is 9.48 Å². The molecule has 24 heavy (non-hydrogen) atoms. The molecule has 0 fully saturated rings. The number of rotatable bonds is 4. The molecule has 1 aliphatic heterocycles. The van der Waals surface area contributed by atoms with Crippen molar-refractivity contribution in [3.05, 3.63) is 42.0 Å². The lowest BCUT2D eigenvalue weighted by atomic mass is 9.72. The van der Waals surface area contributed by atoms with E-state index in [1.165, 1.54) is 6.33 Å². The summed E-state index contributed by atoms with van der Waals surface area (Å²) in [6, 6.07) is 5.99. The van der Waals surface area contributed by atoms with Crippen LogP contribution in [-0.4, -0.2) is 32.9 Å². The Labute approximate surface area is 140 Å². The van der Waals surface area contributed by atoms with E-state index in [0.717, 1.165) is 35.1 Å². The second kappa shape index (κ2) is 5.74. The summed E-state index contributed by atoms with van der Waals surface area (Å²) in [6.45, 7) is 4.90. The molecule has 3 aromatic rings. The van der Waals surface area contributed by atoms with Crippen molar-refractivity contribution >= 4 is 35.4 Å². The third-order valence-electron chi connectivity index (χ3n) is 4.36. The Morgan fingerprint density at radius 3 is 3.00 bits per heavy atom. The van der Waals surface area contributed by atoms with Gasteiger partial charge in [-0.05, 0) is 18.1 Å². The van der Waals surface area contributed by atoms with Gasteiger partial charge < -0.3 is 5.32 Å². The van der Waals surface area contributed by atoms with Crippen molar-refractivity contribution in [3.63, 3.8) is 0 Å². The lowest BCUT2D eigenvalue weighted by Gasteiger charge is -2.09. The molecule has 0 saturated carbocycles. The number of aryl methyl sites for hydroxylation is 1. The zero-order valence-electron chi connectivity index (χ0n) is 13.7. The van der Waals surface area contributed by atoms with Gasteiger partial charge in [-0.2, -0.15) is 5.10 Å². The van der Waals surface area contributed by atoms with Crippen LogP contribution >= 0.6 is 0 Å². The molecule has 0 spiro atoms. The van der Waals surface area contributed by atoms with Gasteiger partial charge in [0.2, 0.25) is 5.91 Å². The highest BCUT2D eigenvalue weighted by atomic mass is 16.2. The highest BCUT2D eigenvalue weighted by Gasteiger charge is 2.34. The maximum atomic E-state index is 12.6. The predicted octanol–water partition coefficient (Wildman–Crippen LogP) is 1.70. The Bertz CT molecular complexity index is 936. The molecule has 1 N–H and O–H groups in total. The molecule has 2 aromatic heterocycles. The molecular weight excluding hydrogens is 301 g/mol. The Kier molecular flexibility index (Phi) is 3.56. The second-order valence-corrected chi connectivity index (χ2v) is 5.95. The number of anilines is 1. The van der Waals surface area contributed by atoms with E-state index in [9.17, 15) is 4.79 Å². The zero-order chi connectivity index (χ0) is 16.7. The molecule has 1 radical (unpaired) electrons. The first-order valence-corrected chi connectivity index (χ1v) is 8.13. The van der Waals surface area contributed by atoms with Crippen LogP contribution in [0.25, 0.3) is 11.0 Å². The van der Waals surface area contributed by atoms with Gasteiger partial charge in [0.15, 0.2) is 5.65 Å². The van der Waals surface area contributed by atoms with Crippen LogP contribution in [0.15, 0.2) is 30.7 Å². The van der Waals surface area contributed by atoms with E-state index in [0.29, 0.717) is 11.3 Å². The Balaban J connectivity index is 1.87. The summed E-state index contributed by atoms with van der Waals surface area (Å²) in [4.78, 5) is 21.3. The van der Waals surface area contributed by atoms with Crippen LogP contribution in [0.1, 0.15) is 30.5 Å². The van der Waals surface area contributed by atoms with Gasteiger partial charge in [0.05, 0.1) is 11.1 Å². The summed E-state index contributed by atoms with van der Waals surface area (Å²) in [5.74, 6) is -0.480. The number of nitrogens with one attached hydrogen (secondary N) is 1. The number of hydrogen-bond donors (Lipinski definition) is 1. The fraction of sp³-hybridized carbons (Fsp3) is 0.294. The first kappa shape index (κ1) is 14.9. The molecule has 6 nitrogen and oxygen atoms in total. The maximum absolute atomic E-state index is 12.6. The summed E-state index contributed by atoms with van der Waals surface area (Å²) in [7, 11) is 2.02. The highest BCUT2D eigenvalue weighted by Crippen LogP contribution is 2.37. The molecular formula is C17H17BN5O. The molecule has 7 heteroatoms. The minimum atomic E-state index is -0.426. The van der Waals surface area contributed by atoms with Crippen LogP contribution in [0.3, 0.4) is 0 Å². The van der Waals surface area contributed by atoms with E-state index in [4.69, 9.17) is 0 Å². The number of aromatic nitrogens is 4. The topological polar surface area (TPSA) is 72.7 Å². The van der Waals surface area contributed by atoms with Gasteiger partial charge in [-0.15, -0.1) is 0 Å². The fourth-order valence-corrected chi connectivity index (χ4v) is 3.21. The van der Waals surface area contributed by atoms with E-state index in [1.54, 1.807) is 0 Å². The van der Waals surface area contributed by atoms with Crippen molar-refractivity contribution in [1.29, 1.82) is 0 Å². The molecule has 4 rings (SSSR count). The summed E-state index contributed by atoms with van der Waals surface area (Å²) >= 11 is 0. The quantitative estimate of drug-likeness (QED) is 0.743. The van der Waals surface area contributed by atoms with E-state index in [2.05, 4.69) is 27.3 Å². The average molecular weight is 318 g/mol. The Hall–Kier alpha value is -2.70. The van der Waals surface area contributed by atoms with Crippen LogP contribution in [0, 0.1) is 0 Å². The van der Waals surface area contributed by atoms with Crippen molar-refractivity contribution in [2.75, 3.05) is 5.32 Å². The van der Waals surface area contributed by atoms with E-state index in [-0.39, 0.29) is 5.91 Å². The van der Waals surface area contributed by atoms with Crippen molar-refractivity contribution < 1.29 is 4.79 Å². The largest absolute Gasteiger partial charge is 0.325 e. The van der Waals surface area contributed by atoms with E-state index >= 15 is 0 Å². The molecule has 0 aliphatic carbocycles. The Morgan fingerprint density at radius 1 is 1.33 bits per heavy atom. The molecule has 119 valence electrons. The van der Waals surface area contributed by atoms with Crippen LogP contribution in [0.2, 0.25) is 6.82 Å². The molecule has 1 aliphatic rings. The van der Waals surface area contributed by atoms with Crippen LogP contribution < -0.4 is 10.8 Å². The summed E-state index contributed by atoms with van der Waals surface area (Å²) in [5, 5.41) is 8.27. The van der Waals surface area contributed by atoms with Gasteiger partial charge in [-0.1, -0.05) is 31.3 Å². The standard InChI is InChI=1S/C17H17BN5O/c1-3-6-23-8-12-15(19-9-20-16(12)22-23)14-11-7-10(18-2)4-5-13(11)21-17(14)24/h4-5,7-9,14H,3,6H2,1-2H3,(H,21,24). The lowest BCUT2D eigenvalue weighted by Crippen LogP contribution is -2.16.